The average molecular weight is 360 g/mol. The Labute approximate surface area is 155 Å². The second-order valence-corrected chi connectivity index (χ2v) is 8.45. The summed E-state index contributed by atoms with van der Waals surface area (Å²) in [5.74, 6) is 0.0722. The van der Waals surface area contributed by atoms with Gasteiger partial charge in [-0.15, -0.1) is 0 Å². The summed E-state index contributed by atoms with van der Waals surface area (Å²) >= 11 is 0. The number of carbonyl (C=O) groups excluding carboxylic acids is 1. The van der Waals surface area contributed by atoms with Gasteiger partial charge in [0, 0.05) is 31.4 Å². The van der Waals surface area contributed by atoms with Crippen LogP contribution in [-0.4, -0.2) is 47.7 Å². The van der Waals surface area contributed by atoms with Crippen LogP contribution in [0.2, 0.25) is 0 Å². The number of amides is 1. The van der Waals surface area contributed by atoms with Crippen molar-refractivity contribution in [2.24, 2.45) is 5.41 Å². The minimum atomic E-state index is -0.312. The standard InChI is InChI=1S/C21H29FN2O2/c1-15-3-4-16(22)13-19(15)23-11-2-9-21(14-23)10-12-24(20(21)26)17-5-7-18(25)8-6-17/h3-4,13,17-18,25H,2,5-12,14H2,1H3/t17-,18+,21-/m0/s1. The summed E-state index contributed by atoms with van der Waals surface area (Å²) in [7, 11) is 0. The maximum Gasteiger partial charge on any atom is 0.230 e. The molecule has 1 aromatic rings. The fourth-order valence-corrected chi connectivity index (χ4v) is 5.21. The molecule has 1 aromatic carbocycles. The molecular weight excluding hydrogens is 331 g/mol. The molecule has 2 heterocycles. The third-order valence-corrected chi connectivity index (χ3v) is 6.74. The highest BCUT2D eigenvalue weighted by atomic mass is 19.1. The van der Waals surface area contributed by atoms with Crippen LogP contribution in [0, 0.1) is 18.2 Å². The van der Waals surface area contributed by atoms with Crippen LogP contribution in [0.25, 0.3) is 0 Å². The van der Waals surface area contributed by atoms with Crippen LogP contribution in [-0.2, 0) is 4.79 Å². The van der Waals surface area contributed by atoms with E-state index in [2.05, 4.69) is 9.80 Å². The molecule has 5 heteroatoms. The Hall–Kier alpha value is -1.62. The smallest absolute Gasteiger partial charge is 0.230 e. The Morgan fingerprint density at radius 1 is 1.15 bits per heavy atom. The minimum Gasteiger partial charge on any atom is -0.393 e. The first kappa shape index (κ1) is 17.8. The summed E-state index contributed by atoms with van der Waals surface area (Å²) in [6, 6.07) is 5.21. The van der Waals surface area contributed by atoms with Gasteiger partial charge < -0.3 is 14.9 Å². The van der Waals surface area contributed by atoms with Gasteiger partial charge in [0.25, 0.3) is 0 Å². The summed E-state index contributed by atoms with van der Waals surface area (Å²) < 4.78 is 13.8. The highest BCUT2D eigenvalue weighted by Crippen LogP contribution is 2.43. The zero-order valence-corrected chi connectivity index (χ0v) is 15.6. The highest BCUT2D eigenvalue weighted by Gasteiger charge is 2.50. The summed E-state index contributed by atoms with van der Waals surface area (Å²) in [5, 5.41) is 9.75. The fourth-order valence-electron chi connectivity index (χ4n) is 5.21. The minimum absolute atomic E-state index is 0.195. The fraction of sp³-hybridized carbons (Fsp3) is 0.667. The number of halogens is 1. The second kappa shape index (κ2) is 6.84. The molecule has 0 aromatic heterocycles. The van der Waals surface area contributed by atoms with Crippen LogP contribution in [0.1, 0.15) is 50.5 Å². The highest BCUT2D eigenvalue weighted by molar-refractivity contribution is 5.86. The number of anilines is 1. The van der Waals surface area contributed by atoms with Gasteiger partial charge in [0.1, 0.15) is 5.82 Å². The zero-order valence-electron chi connectivity index (χ0n) is 15.6. The van der Waals surface area contributed by atoms with Crippen LogP contribution in [0.3, 0.4) is 0 Å². The summed E-state index contributed by atoms with van der Waals surface area (Å²) in [4.78, 5) is 17.7. The van der Waals surface area contributed by atoms with Crippen molar-refractivity contribution < 1.29 is 14.3 Å². The summed E-state index contributed by atoms with van der Waals surface area (Å²) in [5.41, 5.74) is 1.68. The SMILES string of the molecule is Cc1ccc(F)cc1N1CCC[C@]2(CCN([C@H]3CC[C@@H](O)CC3)C2=O)C1. The third-order valence-electron chi connectivity index (χ3n) is 6.74. The van der Waals surface area contributed by atoms with Crippen molar-refractivity contribution in [1.82, 2.24) is 4.90 Å². The van der Waals surface area contributed by atoms with Gasteiger partial charge in [-0.25, -0.2) is 4.39 Å². The van der Waals surface area contributed by atoms with Gasteiger partial charge in [0.15, 0.2) is 0 Å². The van der Waals surface area contributed by atoms with Crippen LogP contribution in [0.4, 0.5) is 10.1 Å². The van der Waals surface area contributed by atoms with Crippen LogP contribution in [0.15, 0.2) is 18.2 Å². The average Bonchev–Trinajstić information content (AvgIpc) is 2.94. The Balaban J connectivity index is 1.51. The van der Waals surface area contributed by atoms with Crippen molar-refractivity contribution in [2.45, 2.75) is 64.0 Å². The molecule has 1 aliphatic carbocycles. The predicted octanol–water partition coefficient (Wildman–Crippen LogP) is 3.26. The van der Waals surface area contributed by atoms with E-state index in [1.165, 1.54) is 6.07 Å². The molecule has 4 nitrogen and oxygen atoms in total. The lowest BCUT2D eigenvalue weighted by atomic mass is 9.78. The van der Waals surface area contributed by atoms with Crippen molar-refractivity contribution >= 4 is 11.6 Å². The molecule has 142 valence electrons. The lowest BCUT2D eigenvalue weighted by Gasteiger charge is -2.42. The number of hydrogen-bond acceptors (Lipinski definition) is 3. The summed E-state index contributed by atoms with van der Waals surface area (Å²) in [6.45, 7) is 4.42. The molecule has 2 saturated heterocycles. The third kappa shape index (κ3) is 3.11. The molecule has 0 unspecified atom stereocenters. The predicted molar refractivity (Wildman–Crippen MR) is 99.6 cm³/mol. The number of aryl methyl sites for hydroxylation is 1. The van der Waals surface area contributed by atoms with Crippen molar-refractivity contribution in [3.8, 4) is 0 Å². The molecule has 1 saturated carbocycles. The largest absolute Gasteiger partial charge is 0.393 e. The van der Waals surface area contributed by atoms with Crippen molar-refractivity contribution in [3.63, 3.8) is 0 Å². The van der Waals surface area contributed by atoms with E-state index in [0.29, 0.717) is 6.54 Å². The van der Waals surface area contributed by atoms with Gasteiger partial charge in [0.2, 0.25) is 5.91 Å². The molecular formula is C21H29FN2O2. The molecule has 1 amide bonds. The molecule has 1 spiro atoms. The number of aliphatic hydroxyl groups is 1. The van der Waals surface area contributed by atoms with Crippen LogP contribution < -0.4 is 4.90 Å². The van der Waals surface area contributed by atoms with Crippen molar-refractivity contribution in [3.05, 3.63) is 29.6 Å². The molecule has 26 heavy (non-hydrogen) atoms. The Morgan fingerprint density at radius 2 is 1.92 bits per heavy atom. The quantitative estimate of drug-likeness (QED) is 0.880. The van der Waals surface area contributed by atoms with Crippen LogP contribution in [0.5, 0.6) is 0 Å². The molecule has 0 radical (unpaired) electrons. The molecule has 2 aliphatic heterocycles. The van der Waals surface area contributed by atoms with Gasteiger partial charge in [-0.1, -0.05) is 6.07 Å². The Kier molecular flexibility index (Phi) is 4.68. The van der Waals surface area contributed by atoms with E-state index in [0.717, 1.165) is 69.3 Å². The van der Waals surface area contributed by atoms with Crippen molar-refractivity contribution in [2.75, 3.05) is 24.5 Å². The number of likely N-dealkylation sites (tertiary alicyclic amines) is 1. The first-order valence-corrected chi connectivity index (χ1v) is 9.99. The van der Waals surface area contributed by atoms with E-state index >= 15 is 0 Å². The number of aliphatic hydroxyl groups excluding tert-OH is 1. The first-order valence-electron chi connectivity index (χ1n) is 9.99. The normalized spacial score (nSPS) is 32.5. The number of nitrogens with zero attached hydrogens (tertiary/aromatic N) is 2. The van der Waals surface area contributed by atoms with Crippen LogP contribution >= 0.6 is 0 Å². The Bertz CT molecular complexity index is 687. The van der Waals surface area contributed by atoms with Gasteiger partial charge in [-0.3, -0.25) is 4.79 Å². The number of rotatable bonds is 2. The van der Waals surface area contributed by atoms with E-state index in [1.807, 2.05) is 13.0 Å². The van der Waals surface area contributed by atoms with Gasteiger partial charge in [0.05, 0.1) is 11.5 Å². The Morgan fingerprint density at radius 3 is 2.69 bits per heavy atom. The number of carbonyl (C=O) groups is 1. The van der Waals surface area contributed by atoms with Crippen molar-refractivity contribution in [1.29, 1.82) is 0 Å². The number of benzene rings is 1. The number of piperidine rings is 1. The monoisotopic (exact) mass is 360 g/mol. The molecule has 4 rings (SSSR count). The molecule has 0 bridgehead atoms. The lowest BCUT2D eigenvalue weighted by molar-refractivity contribution is -0.139. The van der Waals surface area contributed by atoms with E-state index in [4.69, 9.17) is 0 Å². The first-order chi connectivity index (χ1) is 12.5. The molecule has 1 N–H and O–H groups in total. The molecule has 3 aliphatic rings. The molecule has 1 atom stereocenters. The van der Waals surface area contributed by atoms with Gasteiger partial charge in [-0.05, 0) is 69.6 Å². The zero-order chi connectivity index (χ0) is 18.3. The topological polar surface area (TPSA) is 43.8 Å². The molecule has 3 fully saturated rings. The summed E-state index contributed by atoms with van der Waals surface area (Å²) in [6.07, 6.45) is 6.04. The van der Waals surface area contributed by atoms with E-state index < -0.39 is 0 Å². The van der Waals surface area contributed by atoms with E-state index in [9.17, 15) is 14.3 Å². The maximum absolute atomic E-state index is 13.8. The van der Waals surface area contributed by atoms with Gasteiger partial charge in [-0.2, -0.15) is 0 Å². The van der Waals surface area contributed by atoms with Gasteiger partial charge >= 0.3 is 0 Å². The lowest BCUT2D eigenvalue weighted by Crippen LogP contribution is -2.50. The number of hydrogen-bond donors (Lipinski definition) is 1. The second-order valence-electron chi connectivity index (χ2n) is 8.45. The maximum atomic E-state index is 13.8. The van der Waals surface area contributed by atoms with E-state index in [1.54, 1.807) is 6.07 Å². The van der Waals surface area contributed by atoms with E-state index in [-0.39, 0.29) is 29.3 Å².